The monoisotopic (exact) mass is 282 g/mol. The Labute approximate surface area is 117 Å². The molecule has 1 aromatic rings. The average Bonchev–Trinajstić information content (AvgIpc) is 2.43. The lowest BCUT2D eigenvalue weighted by atomic mass is 10.2. The van der Waals surface area contributed by atoms with Crippen molar-refractivity contribution < 1.29 is 14.3 Å². The zero-order chi connectivity index (χ0) is 14.3. The summed E-state index contributed by atoms with van der Waals surface area (Å²) in [5.74, 6) is 6.36. The van der Waals surface area contributed by atoms with Gasteiger partial charge >= 0.3 is 0 Å². The maximum atomic E-state index is 10.9. The average molecular weight is 283 g/mol. The molecule has 5 nitrogen and oxygen atoms in total. The van der Waals surface area contributed by atoms with Gasteiger partial charge in [-0.1, -0.05) is 23.4 Å². The third-order valence-electron chi connectivity index (χ3n) is 2.27. The van der Waals surface area contributed by atoms with Crippen molar-refractivity contribution in [3.63, 3.8) is 0 Å². The molecule has 3 N–H and O–H groups in total. The Morgan fingerprint density at radius 2 is 2.16 bits per heavy atom. The van der Waals surface area contributed by atoms with Gasteiger partial charge in [0.1, 0.15) is 10.8 Å². The van der Waals surface area contributed by atoms with Gasteiger partial charge in [-0.15, -0.1) is 0 Å². The van der Waals surface area contributed by atoms with Gasteiger partial charge in [0.15, 0.2) is 5.75 Å². The number of nitrogens with one attached hydrogen (secondary N) is 1. The number of methoxy groups -OCH3 is 2. The highest BCUT2D eigenvalue weighted by Crippen LogP contribution is 2.36. The van der Waals surface area contributed by atoms with Crippen LogP contribution < -0.4 is 20.5 Å². The number of hydrogen-bond donors (Lipinski definition) is 2. The highest BCUT2D eigenvalue weighted by Gasteiger charge is 2.11. The van der Waals surface area contributed by atoms with Crippen LogP contribution >= 0.6 is 11.6 Å². The normalized spacial score (nSPS) is 9.26. The molecule has 102 valence electrons. The minimum absolute atomic E-state index is 0.0562. The third-order valence-corrected chi connectivity index (χ3v) is 2.63. The lowest BCUT2D eigenvalue weighted by molar-refractivity contribution is -0.119. The van der Waals surface area contributed by atoms with Gasteiger partial charge in [0.25, 0.3) is 0 Å². The van der Waals surface area contributed by atoms with E-state index >= 15 is 0 Å². The molecule has 19 heavy (non-hydrogen) atoms. The summed E-state index contributed by atoms with van der Waals surface area (Å²) in [7, 11) is 3.02. The highest BCUT2D eigenvalue weighted by atomic mass is 35.5. The molecular formula is C13H15ClN2O3. The van der Waals surface area contributed by atoms with Crippen molar-refractivity contribution in [1.82, 2.24) is 5.32 Å². The number of ether oxygens (including phenoxy) is 2. The number of hydrogen-bond acceptors (Lipinski definition) is 4. The molecule has 1 amide bonds. The largest absolute Gasteiger partial charge is 0.495 e. The Balaban J connectivity index is 2.87. The first kappa shape index (κ1) is 15.2. The van der Waals surface area contributed by atoms with Gasteiger partial charge in [0.05, 0.1) is 32.9 Å². The number of amides is 1. The molecule has 0 aromatic heterocycles. The fourth-order valence-electron chi connectivity index (χ4n) is 1.35. The van der Waals surface area contributed by atoms with Gasteiger partial charge in [-0.05, 0) is 12.1 Å². The SMILES string of the molecule is COc1ccc(C#CCNC(=O)CN)c(OC)c1Cl. The molecular weight excluding hydrogens is 268 g/mol. The molecule has 0 atom stereocenters. The van der Waals surface area contributed by atoms with E-state index in [0.29, 0.717) is 22.1 Å². The van der Waals surface area contributed by atoms with Gasteiger partial charge in [0, 0.05) is 0 Å². The predicted molar refractivity (Wildman–Crippen MR) is 73.5 cm³/mol. The molecule has 1 rings (SSSR count). The van der Waals surface area contributed by atoms with Gasteiger partial charge in [0.2, 0.25) is 5.91 Å². The Morgan fingerprint density at radius 3 is 2.74 bits per heavy atom. The summed E-state index contributed by atoms with van der Waals surface area (Å²) in [6.45, 7) is 0.155. The van der Waals surface area contributed by atoms with E-state index in [-0.39, 0.29) is 19.0 Å². The van der Waals surface area contributed by atoms with E-state index in [9.17, 15) is 4.79 Å². The molecule has 0 fully saturated rings. The Morgan fingerprint density at radius 1 is 1.42 bits per heavy atom. The number of nitrogens with two attached hydrogens (primary N) is 1. The van der Waals surface area contributed by atoms with Gasteiger partial charge in [-0.25, -0.2) is 0 Å². The van der Waals surface area contributed by atoms with Crippen LogP contribution in [-0.2, 0) is 4.79 Å². The summed E-state index contributed by atoms with van der Waals surface area (Å²) in [6, 6.07) is 3.44. The van der Waals surface area contributed by atoms with E-state index in [1.165, 1.54) is 14.2 Å². The van der Waals surface area contributed by atoms with Crippen LogP contribution in [0.4, 0.5) is 0 Å². The van der Waals surface area contributed by atoms with E-state index in [1.54, 1.807) is 12.1 Å². The fourth-order valence-corrected chi connectivity index (χ4v) is 1.67. The minimum Gasteiger partial charge on any atom is -0.495 e. The summed E-state index contributed by atoms with van der Waals surface area (Å²) in [5.41, 5.74) is 5.77. The van der Waals surface area contributed by atoms with E-state index in [1.807, 2.05) is 0 Å². The van der Waals surface area contributed by atoms with Crippen molar-refractivity contribution in [3.05, 3.63) is 22.7 Å². The highest BCUT2D eigenvalue weighted by molar-refractivity contribution is 6.33. The van der Waals surface area contributed by atoms with Crippen LogP contribution in [0.15, 0.2) is 12.1 Å². The first-order chi connectivity index (χ1) is 9.13. The second-order valence-electron chi connectivity index (χ2n) is 3.45. The second-order valence-corrected chi connectivity index (χ2v) is 3.82. The Kier molecular flexibility index (Phi) is 6.00. The second kappa shape index (κ2) is 7.52. The summed E-state index contributed by atoms with van der Waals surface area (Å²) >= 11 is 6.10. The molecule has 0 unspecified atom stereocenters. The van der Waals surface area contributed by atoms with Crippen LogP contribution in [0, 0.1) is 11.8 Å². The van der Waals surface area contributed by atoms with Crippen LogP contribution in [0.5, 0.6) is 11.5 Å². The van der Waals surface area contributed by atoms with Crippen LogP contribution in [0.2, 0.25) is 5.02 Å². The molecule has 0 saturated heterocycles. The minimum atomic E-state index is -0.256. The first-order valence-electron chi connectivity index (χ1n) is 5.50. The van der Waals surface area contributed by atoms with Gasteiger partial charge in [-0.3, -0.25) is 4.79 Å². The van der Waals surface area contributed by atoms with Crippen molar-refractivity contribution in [2.24, 2.45) is 5.73 Å². The van der Waals surface area contributed by atoms with Crippen molar-refractivity contribution in [2.45, 2.75) is 0 Å². The smallest absolute Gasteiger partial charge is 0.234 e. The van der Waals surface area contributed by atoms with Crippen molar-refractivity contribution in [3.8, 4) is 23.3 Å². The molecule has 0 heterocycles. The lowest BCUT2D eigenvalue weighted by Crippen LogP contribution is -2.30. The first-order valence-corrected chi connectivity index (χ1v) is 5.88. The molecule has 1 aromatic carbocycles. The summed E-state index contributed by atoms with van der Waals surface area (Å²) in [4.78, 5) is 10.9. The Bertz CT molecular complexity index is 521. The van der Waals surface area contributed by atoms with Crippen LogP contribution in [-0.4, -0.2) is 33.2 Å². The molecule has 6 heteroatoms. The van der Waals surface area contributed by atoms with E-state index in [0.717, 1.165) is 0 Å². The Hall–Kier alpha value is -1.90. The molecule has 0 radical (unpaired) electrons. The quantitative estimate of drug-likeness (QED) is 0.801. The molecule has 0 spiro atoms. The topological polar surface area (TPSA) is 73.6 Å². The molecule has 0 aliphatic rings. The van der Waals surface area contributed by atoms with Gasteiger partial charge in [-0.2, -0.15) is 0 Å². The molecule has 0 saturated carbocycles. The summed E-state index contributed by atoms with van der Waals surface area (Å²) < 4.78 is 10.3. The fraction of sp³-hybridized carbons (Fsp3) is 0.308. The number of carbonyl (C=O) groups excluding carboxylic acids is 1. The third kappa shape index (κ3) is 4.05. The van der Waals surface area contributed by atoms with Crippen LogP contribution in [0.25, 0.3) is 0 Å². The van der Waals surface area contributed by atoms with Crippen molar-refractivity contribution in [2.75, 3.05) is 27.3 Å². The van der Waals surface area contributed by atoms with E-state index in [4.69, 9.17) is 26.8 Å². The summed E-state index contributed by atoms with van der Waals surface area (Å²) in [5, 5.41) is 2.90. The number of rotatable bonds is 4. The van der Waals surface area contributed by atoms with Crippen LogP contribution in [0.3, 0.4) is 0 Å². The molecule has 0 bridgehead atoms. The number of benzene rings is 1. The molecule has 0 aliphatic carbocycles. The zero-order valence-corrected chi connectivity index (χ0v) is 11.5. The maximum Gasteiger partial charge on any atom is 0.234 e. The van der Waals surface area contributed by atoms with Gasteiger partial charge < -0.3 is 20.5 Å². The van der Waals surface area contributed by atoms with Crippen molar-refractivity contribution in [1.29, 1.82) is 0 Å². The lowest BCUT2D eigenvalue weighted by Gasteiger charge is -2.09. The van der Waals surface area contributed by atoms with Crippen LogP contribution in [0.1, 0.15) is 5.56 Å². The standard InChI is InChI=1S/C13H15ClN2O3/c1-18-10-6-5-9(13(19-2)12(10)14)4-3-7-16-11(17)8-15/h5-6H,7-8,15H2,1-2H3,(H,16,17). The summed E-state index contributed by atoms with van der Waals surface area (Å²) in [6.07, 6.45) is 0. The van der Waals surface area contributed by atoms with E-state index in [2.05, 4.69) is 17.2 Å². The van der Waals surface area contributed by atoms with Crippen molar-refractivity contribution >= 4 is 17.5 Å². The molecule has 0 aliphatic heterocycles. The van der Waals surface area contributed by atoms with E-state index < -0.39 is 0 Å². The maximum absolute atomic E-state index is 10.9. The zero-order valence-electron chi connectivity index (χ0n) is 10.7. The number of halogens is 1. The number of carbonyl (C=O) groups is 1. The predicted octanol–water partition coefficient (Wildman–Crippen LogP) is 0.784.